The summed E-state index contributed by atoms with van der Waals surface area (Å²) in [6.07, 6.45) is 4.01. The van der Waals surface area contributed by atoms with Crippen LogP contribution in [0.25, 0.3) is 0 Å². The molecule has 1 N–H and O–H groups in total. The zero-order chi connectivity index (χ0) is 15.5. The standard InChI is InChI=1S/C15H24N2O3S/c1-13(14-9-5-6-10-15(14)18)16(2)21(19,20)17-11-7-3-4-8-12-17/h5-6,9-10,13,18H,3-4,7-8,11-12H2,1-2H3. The van der Waals surface area contributed by atoms with Gasteiger partial charge in [-0.05, 0) is 25.8 Å². The molecular formula is C15H24N2O3S. The lowest BCUT2D eigenvalue weighted by molar-refractivity contribution is 0.327. The van der Waals surface area contributed by atoms with Crippen LogP contribution in [0, 0.1) is 0 Å². The first-order chi connectivity index (χ1) is 9.94. The molecular weight excluding hydrogens is 288 g/mol. The molecule has 1 saturated heterocycles. The van der Waals surface area contributed by atoms with Crippen LogP contribution in [0.15, 0.2) is 24.3 Å². The van der Waals surface area contributed by atoms with Crippen LogP contribution >= 0.6 is 0 Å². The number of hydrogen-bond acceptors (Lipinski definition) is 3. The van der Waals surface area contributed by atoms with Gasteiger partial charge in [-0.25, -0.2) is 0 Å². The average molecular weight is 312 g/mol. The predicted octanol–water partition coefficient (Wildman–Crippen LogP) is 2.51. The smallest absolute Gasteiger partial charge is 0.282 e. The molecule has 1 atom stereocenters. The molecule has 1 aliphatic rings. The second-order valence-corrected chi connectivity index (χ2v) is 7.56. The zero-order valence-corrected chi connectivity index (χ0v) is 13.5. The lowest BCUT2D eigenvalue weighted by Crippen LogP contribution is -2.43. The summed E-state index contributed by atoms with van der Waals surface area (Å²) in [5.74, 6) is 0.128. The Hall–Kier alpha value is -1.11. The third-order valence-corrected chi connectivity index (χ3v) is 6.25. The molecule has 0 aromatic heterocycles. The summed E-state index contributed by atoms with van der Waals surface area (Å²) in [5.41, 5.74) is 0.624. The first-order valence-corrected chi connectivity index (χ1v) is 8.85. The fourth-order valence-electron chi connectivity index (χ4n) is 2.69. The molecule has 2 rings (SSSR count). The van der Waals surface area contributed by atoms with Crippen molar-refractivity contribution in [2.75, 3.05) is 20.1 Å². The summed E-state index contributed by atoms with van der Waals surface area (Å²) in [5, 5.41) is 9.92. The van der Waals surface area contributed by atoms with Gasteiger partial charge in [-0.3, -0.25) is 0 Å². The highest BCUT2D eigenvalue weighted by Crippen LogP contribution is 2.30. The molecule has 0 aliphatic carbocycles. The molecule has 1 aromatic carbocycles. The van der Waals surface area contributed by atoms with Crippen molar-refractivity contribution >= 4 is 10.2 Å². The molecule has 21 heavy (non-hydrogen) atoms. The van der Waals surface area contributed by atoms with Crippen LogP contribution in [0.3, 0.4) is 0 Å². The number of aromatic hydroxyl groups is 1. The molecule has 1 aliphatic heterocycles. The van der Waals surface area contributed by atoms with E-state index in [2.05, 4.69) is 0 Å². The second-order valence-electron chi connectivity index (χ2n) is 5.57. The zero-order valence-electron chi connectivity index (χ0n) is 12.7. The van der Waals surface area contributed by atoms with Crippen LogP contribution in [-0.2, 0) is 10.2 Å². The molecule has 0 saturated carbocycles. The summed E-state index contributed by atoms with van der Waals surface area (Å²) >= 11 is 0. The van der Waals surface area contributed by atoms with E-state index in [0.29, 0.717) is 18.7 Å². The van der Waals surface area contributed by atoms with Gasteiger partial charge < -0.3 is 5.11 Å². The number of para-hydroxylation sites is 1. The van der Waals surface area contributed by atoms with Crippen molar-refractivity contribution in [3.05, 3.63) is 29.8 Å². The maximum Gasteiger partial charge on any atom is 0.282 e. The van der Waals surface area contributed by atoms with Gasteiger partial charge in [0.15, 0.2) is 0 Å². The Labute approximate surface area is 127 Å². The summed E-state index contributed by atoms with van der Waals surface area (Å²) in [7, 11) is -1.91. The second kappa shape index (κ2) is 6.77. The number of nitrogens with zero attached hydrogens (tertiary/aromatic N) is 2. The van der Waals surface area contributed by atoms with Crippen LogP contribution in [0.5, 0.6) is 5.75 Å². The average Bonchev–Trinajstić information content (AvgIpc) is 2.75. The maximum atomic E-state index is 12.7. The summed E-state index contributed by atoms with van der Waals surface area (Å²) in [6, 6.07) is 6.47. The molecule has 5 nitrogen and oxygen atoms in total. The lowest BCUT2D eigenvalue weighted by Gasteiger charge is -2.30. The van der Waals surface area contributed by atoms with Crippen molar-refractivity contribution < 1.29 is 13.5 Å². The van der Waals surface area contributed by atoms with Crippen molar-refractivity contribution in [2.45, 2.75) is 38.6 Å². The van der Waals surface area contributed by atoms with E-state index in [1.165, 1.54) is 4.31 Å². The minimum Gasteiger partial charge on any atom is -0.508 e. The van der Waals surface area contributed by atoms with Gasteiger partial charge in [0, 0.05) is 25.7 Å². The Morgan fingerprint density at radius 2 is 1.71 bits per heavy atom. The van der Waals surface area contributed by atoms with E-state index in [1.54, 1.807) is 42.5 Å². The maximum absolute atomic E-state index is 12.7. The van der Waals surface area contributed by atoms with Crippen LogP contribution < -0.4 is 0 Å². The Bertz CT molecular complexity index is 566. The molecule has 1 heterocycles. The SMILES string of the molecule is CC(c1ccccc1O)N(C)S(=O)(=O)N1CCCCCC1. The topological polar surface area (TPSA) is 60.9 Å². The van der Waals surface area contributed by atoms with E-state index in [-0.39, 0.29) is 5.75 Å². The van der Waals surface area contributed by atoms with Crippen molar-refractivity contribution in [1.29, 1.82) is 0 Å². The van der Waals surface area contributed by atoms with E-state index in [1.807, 2.05) is 0 Å². The first kappa shape index (κ1) is 16.3. The predicted molar refractivity (Wildman–Crippen MR) is 83.2 cm³/mol. The fraction of sp³-hybridized carbons (Fsp3) is 0.600. The molecule has 0 radical (unpaired) electrons. The molecule has 1 aromatic rings. The van der Waals surface area contributed by atoms with Gasteiger partial charge in [-0.1, -0.05) is 31.0 Å². The van der Waals surface area contributed by atoms with Gasteiger partial charge >= 0.3 is 0 Å². The molecule has 0 bridgehead atoms. The van der Waals surface area contributed by atoms with E-state index >= 15 is 0 Å². The highest BCUT2D eigenvalue weighted by molar-refractivity contribution is 7.86. The van der Waals surface area contributed by atoms with Crippen LogP contribution in [0.1, 0.15) is 44.2 Å². The lowest BCUT2D eigenvalue weighted by atomic mass is 10.1. The van der Waals surface area contributed by atoms with Crippen molar-refractivity contribution in [3.8, 4) is 5.75 Å². The van der Waals surface area contributed by atoms with Gasteiger partial charge in [0.25, 0.3) is 10.2 Å². The Morgan fingerprint density at radius 1 is 1.14 bits per heavy atom. The molecule has 1 unspecified atom stereocenters. The number of hydrogen-bond donors (Lipinski definition) is 1. The third kappa shape index (κ3) is 3.56. The van der Waals surface area contributed by atoms with Gasteiger partial charge in [0.1, 0.15) is 5.75 Å². The van der Waals surface area contributed by atoms with E-state index in [9.17, 15) is 13.5 Å². The van der Waals surface area contributed by atoms with Crippen molar-refractivity contribution in [3.63, 3.8) is 0 Å². The van der Waals surface area contributed by atoms with E-state index in [0.717, 1.165) is 25.7 Å². The molecule has 1 fully saturated rings. The molecule has 118 valence electrons. The van der Waals surface area contributed by atoms with Gasteiger partial charge in [-0.15, -0.1) is 0 Å². The van der Waals surface area contributed by atoms with Crippen LogP contribution in [0.2, 0.25) is 0 Å². The number of rotatable bonds is 4. The van der Waals surface area contributed by atoms with Gasteiger partial charge in [0.2, 0.25) is 0 Å². The third-order valence-electron chi connectivity index (χ3n) is 4.19. The fourth-order valence-corrected chi connectivity index (χ4v) is 4.29. The highest BCUT2D eigenvalue weighted by atomic mass is 32.2. The molecule has 0 spiro atoms. The normalized spacial score (nSPS) is 19.4. The van der Waals surface area contributed by atoms with Crippen LogP contribution in [0.4, 0.5) is 0 Å². The van der Waals surface area contributed by atoms with Crippen LogP contribution in [-0.4, -0.2) is 42.3 Å². The van der Waals surface area contributed by atoms with Gasteiger partial charge in [-0.2, -0.15) is 17.0 Å². The highest BCUT2D eigenvalue weighted by Gasteiger charge is 2.31. The summed E-state index contributed by atoms with van der Waals surface area (Å²) < 4.78 is 28.4. The Morgan fingerprint density at radius 3 is 2.29 bits per heavy atom. The molecule has 6 heteroatoms. The minimum absolute atomic E-state index is 0.128. The Kier molecular flexibility index (Phi) is 5.24. The van der Waals surface area contributed by atoms with E-state index < -0.39 is 16.3 Å². The van der Waals surface area contributed by atoms with Crippen molar-refractivity contribution in [2.24, 2.45) is 0 Å². The monoisotopic (exact) mass is 312 g/mol. The van der Waals surface area contributed by atoms with Crippen molar-refractivity contribution in [1.82, 2.24) is 8.61 Å². The number of phenols is 1. The quantitative estimate of drug-likeness (QED) is 0.929. The number of benzene rings is 1. The van der Waals surface area contributed by atoms with Gasteiger partial charge in [0.05, 0.1) is 6.04 Å². The Balaban J connectivity index is 2.21. The van der Waals surface area contributed by atoms with E-state index in [4.69, 9.17) is 0 Å². The summed E-state index contributed by atoms with van der Waals surface area (Å²) in [6.45, 7) is 2.96. The minimum atomic E-state index is -3.49. The first-order valence-electron chi connectivity index (χ1n) is 7.45. The molecule has 0 amide bonds. The number of phenolic OH excluding ortho intramolecular Hbond substituents is 1. The summed E-state index contributed by atoms with van der Waals surface area (Å²) in [4.78, 5) is 0. The largest absolute Gasteiger partial charge is 0.508 e.